The first-order valence-corrected chi connectivity index (χ1v) is 6.71. The minimum Gasteiger partial charge on any atom is -0.352 e. The standard InChI is InChI=1S/C14H20N4O2/c1-14(2,3)18-8-10(4-12(18)19)5-17-13(20)11-6-15-9-16-7-11/h6-7,9-10H,4-5,8H2,1-3H3,(H,17,20). The number of carbonyl (C=O) groups is 2. The lowest BCUT2D eigenvalue weighted by Gasteiger charge is -2.32. The van der Waals surface area contributed by atoms with Crippen molar-refractivity contribution in [1.29, 1.82) is 0 Å². The zero-order valence-corrected chi connectivity index (χ0v) is 12.1. The molecule has 1 saturated heterocycles. The van der Waals surface area contributed by atoms with Gasteiger partial charge in [-0.15, -0.1) is 0 Å². The normalized spacial score (nSPS) is 19.2. The molecule has 1 N–H and O–H groups in total. The highest BCUT2D eigenvalue weighted by atomic mass is 16.2. The van der Waals surface area contributed by atoms with E-state index in [9.17, 15) is 9.59 Å². The highest BCUT2D eigenvalue weighted by Crippen LogP contribution is 2.25. The first-order chi connectivity index (χ1) is 9.38. The van der Waals surface area contributed by atoms with Gasteiger partial charge in [0.05, 0.1) is 5.56 Å². The Morgan fingerprint density at radius 2 is 2.05 bits per heavy atom. The Morgan fingerprint density at radius 3 is 2.60 bits per heavy atom. The second kappa shape index (κ2) is 5.56. The second-order valence-corrected chi connectivity index (χ2v) is 6.08. The van der Waals surface area contributed by atoms with Crippen molar-refractivity contribution in [2.75, 3.05) is 13.1 Å². The van der Waals surface area contributed by atoms with Gasteiger partial charge in [-0.3, -0.25) is 9.59 Å². The van der Waals surface area contributed by atoms with Gasteiger partial charge in [0, 0.05) is 43.4 Å². The van der Waals surface area contributed by atoms with Gasteiger partial charge in [0.25, 0.3) is 5.91 Å². The van der Waals surface area contributed by atoms with Crippen LogP contribution in [-0.2, 0) is 4.79 Å². The zero-order valence-electron chi connectivity index (χ0n) is 12.1. The van der Waals surface area contributed by atoms with Crippen LogP contribution in [0.4, 0.5) is 0 Å². The Hall–Kier alpha value is -1.98. The zero-order chi connectivity index (χ0) is 14.8. The maximum absolute atomic E-state index is 11.9. The predicted molar refractivity (Wildman–Crippen MR) is 73.9 cm³/mol. The number of aromatic nitrogens is 2. The molecule has 0 spiro atoms. The van der Waals surface area contributed by atoms with Crippen molar-refractivity contribution in [3.8, 4) is 0 Å². The molecule has 1 fully saturated rings. The molecule has 0 aromatic carbocycles. The summed E-state index contributed by atoms with van der Waals surface area (Å²) in [6, 6.07) is 0. The summed E-state index contributed by atoms with van der Waals surface area (Å²) in [6.07, 6.45) is 4.82. The van der Waals surface area contributed by atoms with Crippen molar-refractivity contribution in [2.24, 2.45) is 5.92 Å². The third-order valence-corrected chi connectivity index (χ3v) is 3.39. The second-order valence-electron chi connectivity index (χ2n) is 6.08. The monoisotopic (exact) mass is 276 g/mol. The number of hydrogen-bond acceptors (Lipinski definition) is 4. The summed E-state index contributed by atoms with van der Waals surface area (Å²) in [6.45, 7) is 7.24. The molecule has 1 atom stereocenters. The van der Waals surface area contributed by atoms with E-state index in [4.69, 9.17) is 0 Å². The molecule has 6 nitrogen and oxygen atoms in total. The molecule has 1 unspecified atom stereocenters. The lowest BCUT2D eigenvalue weighted by atomic mass is 10.1. The van der Waals surface area contributed by atoms with Crippen molar-refractivity contribution in [2.45, 2.75) is 32.7 Å². The van der Waals surface area contributed by atoms with Gasteiger partial charge in [0.15, 0.2) is 0 Å². The predicted octanol–water partition coefficient (Wildman–Crippen LogP) is 0.853. The van der Waals surface area contributed by atoms with Gasteiger partial charge in [-0.2, -0.15) is 0 Å². The average molecular weight is 276 g/mol. The summed E-state index contributed by atoms with van der Waals surface area (Å²) < 4.78 is 0. The van der Waals surface area contributed by atoms with Gasteiger partial charge in [-0.25, -0.2) is 9.97 Å². The molecule has 0 saturated carbocycles. The van der Waals surface area contributed by atoms with Crippen LogP contribution in [0.15, 0.2) is 18.7 Å². The fourth-order valence-corrected chi connectivity index (χ4v) is 2.32. The molecule has 6 heteroatoms. The quantitative estimate of drug-likeness (QED) is 0.888. The number of amides is 2. The summed E-state index contributed by atoms with van der Waals surface area (Å²) in [5.74, 6) is 0.113. The van der Waals surface area contributed by atoms with E-state index >= 15 is 0 Å². The fourth-order valence-electron chi connectivity index (χ4n) is 2.32. The maximum Gasteiger partial charge on any atom is 0.254 e. The van der Waals surface area contributed by atoms with Crippen molar-refractivity contribution in [1.82, 2.24) is 20.2 Å². The van der Waals surface area contributed by atoms with Gasteiger partial charge in [0.2, 0.25) is 5.91 Å². The Kier molecular flexibility index (Phi) is 4.01. The molecule has 2 rings (SSSR count). The molecule has 0 aliphatic carbocycles. The van der Waals surface area contributed by atoms with E-state index in [1.54, 1.807) is 0 Å². The number of nitrogens with zero attached hydrogens (tertiary/aromatic N) is 3. The van der Waals surface area contributed by atoms with E-state index in [0.717, 1.165) is 0 Å². The van der Waals surface area contributed by atoms with E-state index in [1.165, 1.54) is 18.7 Å². The van der Waals surface area contributed by atoms with Gasteiger partial charge < -0.3 is 10.2 Å². The molecule has 20 heavy (non-hydrogen) atoms. The number of nitrogens with one attached hydrogen (secondary N) is 1. The van der Waals surface area contributed by atoms with Crippen molar-refractivity contribution in [3.63, 3.8) is 0 Å². The largest absolute Gasteiger partial charge is 0.352 e. The van der Waals surface area contributed by atoms with Crippen LogP contribution in [0.3, 0.4) is 0 Å². The van der Waals surface area contributed by atoms with Crippen LogP contribution in [0.2, 0.25) is 0 Å². The lowest BCUT2D eigenvalue weighted by Crippen LogP contribution is -2.42. The number of rotatable bonds is 3. The number of likely N-dealkylation sites (tertiary alicyclic amines) is 1. The van der Waals surface area contributed by atoms with E-state index in [1.807, 2.05) is 25.7 Å². The molecular weight excluding hydrogens is 256 g/mol. The molecule has 1 aliphatic heterocycles. The molecule has 2 amide bonds. The first-order valence-electron chi connectivity index (χ1n) is 6.71. The molecule has 0 radical (unpaired) electrons. The van der Waals surface area contributed by atoms with E-state index in [-0.39, 0.29) is 23.3 Å². The highest BCUT2D eigenvalue weighted by molar-refractivity contribution is 5.93. The van der Waals surface area contributed by atoms with Crippen molar-refractivity contribution in [3.05, 3.63) is 24.3 Å². The van der Waals surface area contributed by atoms with Gasteiger partial charge in [-0.05, 0) is 20.8 Å². The van der Waals surface area contributed by atoms with Crippen molar-refractivity contribution < 1.29 is 9.59 Å². The van der Waals surface area contributed by atoms with Crippen LogP contribution in [-0.4, -0.2) is 45.3 Å². The Labute approximate surface area is 118 Å². The summed E-state index contributed by atoms with van der Waals surface area (Å²) in [7, 11) is 0. The molecule has 1 aromatic rings. The summed E-state index contributed by atoms with van der Waals surface area (Å²) >= 11 is 0. The van der Waals surface area contributed by atoms with Gasteiger partial charge in [-0.1, -0.05) is 0 Å². The van der Waals surface area contributed by atoms with Crippen molar-refractivity contribution >= 4 is 11.8 Å². The number of hydrogen-bond donors (Lipinski definition) is 1. The summed E-state index contributed by atoms with van der Waals surface area (Å²) in [5.41, 5.74) is 0.271. The topological polar surface area (TPSA) is 75.2 Å². The van der Waals surface area contributed by atoms with Crippen LogP contribution in [0.25, 0.3) is 0 Å². The van der Waals surface area contributed by atoms with Crippen LogP contribution in [0.5, 0.6) is 0 Å². The number of carbonyl (C=O) groups excluding carboxylic acids is 2. The SMILES string of the molecule is CC(C)(C)N1CC(CNC(=O)c2cncnc2)CC1=O. The molecule has 2 heterocycles. The third-order valence-electron chi connectivity index (χ3n) is 3.39. The summed E-state index contributed by atoms with van der Waals surface area (Å²) in [4.78, 5) is 33.3. The Bertz CT molecular complexity index is 496. The first kappa shape index (κ1) is 14.4. The smallest absolute Gasteiger partial charge is 0.254 e. The molecule has 1 aliphatic rings. The third kappa shape index (κ3) is 3.31. The molecule has 108 valence electrons. The van der Waals surface area contributed by atoms with E-state index in [0.29, 0.717) is 25.1 Å². The lowest BCUT2D eigenvalue weighted by molar-refractivity contribution is -0.131. The molecule has 1 aromatic heterocycles. The van der Waals surface area contributed by atoms with E-state index in [2.05, 4.69) is 15.3 Å². The maximum atomic E-state index is 11.9. The van der Waals surface area contributed by atoms with Crippen LogP contribution in [0, 0.1) is 5.92 Å². The van der Waals surface area contributed by atoms with Crippen LogP contribution >= 0.6 is 0 Å². The fraction of sp³-hybridized carbons (Fsp3) is 0.571. The minimum absolute atomic E-state index is 0.153. The molecule has 0 bridgehead atoms. The Balaban J connectivity index is 1.87. The highest BCUT2D eigenvalue weighted by Gasteiger charge is 2.36. The van der Waals surface area contributed by atoms with Crippen LogP contribution < -0.4 is 5.32 Å². The minimum atomic E-state index is -0.202. The van der Waals surface area contributed by atoms with E-state index < -0.39 is 0 Å². The van der Waals surface area contributed by atoms with Gasteiger partial charge in [0.1, 0.15) is 6.33 Å². The Morgan fingerprint density at radius 1 is 1.40 bits per heavy atom. The molecular formula is C14H20N4O2. The average Bonchev–Trinajstić information content (AvgIpc) is 2.78. The van der Waals surface area contributed by atoms with Crippen LogP contribution in [0.1, 0.15) is 37.6 Å². The summed E-state index contributed by atoms with van der Waals surface area (Å²) in [5, 5.41) is 2.84. The van der Waals surface area contributed by atoms with Gasteiger partial charge >= 0.3 is 0 Å².